The summed E-state index contributed by atoms with van der Waals surface area (Å²) in [7, 11) is 0. The fourth-order valence-corrected chi connectivity index (χ4v) is 3.04. The summed E-state index contributed by atoms with van der Waals surface area (Å²) in [6.07, 6.45) is 5.31. The third-order valence-electron chi connectivity index (χ3n) is 4.12. The molecular formula is C12H25NO. The van der Waals surface area contributed by atoms with Gasteiger partial charge in [0.05, 0.1) is 5.60 Å². The molecule has 1 fully saturated rings. The Kier molecular flexibility index (Phi) is 3.59. The Bertz CT molecular complexity index is 191. The van der Waals surface area contributed by atoms with Crippen LogP contribution in [-0.4, -0.2) is 17.3 Å². The van der Waals surface area contributed by atoms with Crippen molar-refractivity contribution < 1.29 is 5.11 Å². The van der Waals surface area contributed by atoms with Gasteiger partial charge in [-0.3, -0.25) is 0 Å². The van der Waals surface area contributed by atoms with E-state index in [0.717, 1.165) is 31.6 Å². The molecule has 2 nitrogen and oxygen atoms in total. The maximum Gasteiger partial charge on any atom is 0.0687 e. The van der Waals surface area contributed by atoms with E-state index in [0.29, 0.717) is 6.54 Å². The highest BCUT2D eigenvalue weighted by atomic mass is 16.3. The van der Waals surface area contributed by atoms with Crippen LogP contribution in [0.5, 0.6) is 0 Å². The Morgan fingerprint density at radius 1 is 1.57 bits per heavy atom. The van der Waals surface area contributed by atoms with Gasteiger partial charge in [-0.1, -0.05) is 26.7 Å². The Hall–Kier alpha value is -0.0800. The number of hydrogen-bond acceptors (Lipinski definition) is 2. The average Bonchev–Trinajstić information content (AvgIpc) is 2.49. The molecule has 0 bridgehead atoms. The molecule has 0 aromatic heterocycles. The molecule has 2 heteroatoms. The molecule has 0 aliphatic heterocycles. The second-order valence-corrected chi connectivity index (χ2v) is 5.36. The topological polar surface area (TPSA) is 46.2 Å². The predicted octanol–water partition coefficient (Wildman–Crippen LogP) is 2.30. The molecule has 3 unspecified atom stereocenters. The Morgan fingerprint density at radius 3 is 2.57 bits per heavy atom. The molecule has 0 radical (unpaired) electrons. The summed E-state index contributed by atoms with van der Waals surface area (Å²) >= 11 is 0. The number of nitrogens with two attached hydrogens (primary N) is 1. The van der Waals surface area contributed by atoms with Crippen molar-refractivity contribution in [3.8, 4) is 0 Å². The summed E-state index contributed by atoms with van der Waals surface area (Å²) < 4.78 is 0. The summed E-state index contributed by atoms with van der Waals surface area (Å²) in [5.74, 6) is 0.724. The van der Waals surface area contributed by atoms with Crippen molar-refractivity contribution in [1.82, 2.24) is 0 Å². The molecule has 0 saturated heterocycles. The van der Waals surface area contributed by atoms with Crippen molar-refractivity contribution in [3.63, 3.8) is 0 Å². The molecule has 84 valence electrons. The van der Waals surface area contributed by atoms with E-state index in [9.17, 15) is 5.11 Å². The molecule has 1 aliphatic rings. The Labute approximate surface area is 87.9 Å². The van der Waals surface area contributed by atoms with Gasteiger partial charge in [0.1, 0.15) is 0 Å². The van der Waals surface area contributed by atoms with E-state index in [-0.39, 0.29) is 5.41 Å². The molecule has 1 aliphatic carbocycles. The first-order chi connectivity index (χ1) is 6.47. The predicted molar refractivity (Wildman–Crippen MR) is 60.0 cm³/mol. The van der Waals surface area contributed by atoms with Crippen molar-refractivity contribution in [1.29, 1.82) is 0 Å². The van der Waals surface area contributed by atoms with Crippen molar-refractivity contribution >= 4 is 0 Å². The van der Waals surface area contributed by atoms with Crippen molar-refractivity contribution in [2.45, 2.75) is 58.5 Å². The molecule has 0 heterocycles. The number of hydrogen-bond donors (Lipinski definition) is 2. The van der Waals surface area contributed by atoms with Crippen LogP contribution in [0.1, 0.15) is 52.9 Å². The highest BCUT2D eigenvalue weighted by Gasteiger charge is 2.48. The van der Waals surface area contributed by atoms with E-state index in [1.165, 1.54) is 6.42 Å². The number of aliphatic hydroxyl groups is 1. The minimum atomic E-state index is -0.568. The third-order valence-corrected chi connectivity index (χ3v) is 4.12. The molecule has 0 spiro atoms. The van der Waals surface area contributed by atoms with Gasteiger partial charge < -0.3 is 10.8 Å². The highest BCUT2D eigenvalue weighted by molar-refractivity contribution is 5.01. The minimum Gasteiger partial charge on any atom is -0.390 e. The zero-order valence-electron chi connectivity index (χ0n) is 9.84. The maximum atomic E-state index is 10.5. The van der Waals surface area contributed by atoms with Gasteiger partial charge in [0.25, 0.3) is 0 Å². The van der Waals surface area contributed by atoms with Gasteiger partial charge in [0.2, 0.25) is 0 Å². The smallest absolute Gasteiger partial charge is 0.0687 e. The van der Waals surface area contributed by atoms with Crippen molar-refractivity contribution in [2.75, 3.05) is 6.54 Å². The van der Waals surface area contributed by atoms with Gasteiger partial charge >= 0.3 is 0 Å². The normalized spacial score (nSPS) is 37.1. The van der Waals surface area contributed by atoms with Gasteiger partial charge in [-0.05, 0) is 32.1 Å². The number of rotatable bonds is 4. The lowest BCUT2D eigenvalue weighted by Gasteiger charge is -2.42. The van der Waals surface area contributed by atoms with Crippen LogP contribution < -0.4 is 5.73 Å². The van der Waals surface area contributed by atoms with Crippen LogP contribution in [0.25, 0.3) is 0 Å². The van der Waals surface area contributed by atoms with Crippen LogP contribution in [0.2, 0.25) is 0 Å². The summed E-state index contributed by atoms with van der Waals surface area (Å²) in [6.45, 7) is 6.99. The molecule has 0 amide bonds. The monoisotopic (exact) mass is 199 g/mol. The van der Waals surface area contributed by atoms with Crippen molar-refractivity contribution in [3.05, 3.63) is 0 Å². The quantitative estimate of drug-likeness (QED) is 0.730. The second-order valence-electron chi connectivity index (χ2n) is 5.36. The lowest BCUT2D eigenvalue weighted by Crippen LogP contribution is -2.49. The lowest BCUT2D eigenvalue weighted by atomic mass is 9.69. The lowest BCUT2D eigenvalue weighted by molar-refractivity contribution is -0.0713. The Morgan fingerprint density at radius 2 is 2.21 bits per heavy atom. The van der Waals surface area contributed by atoms with E-state index in [1.54, 1.807) is 0 Å². The van der Waals surface area contributed by atoms with Gasteiger partial charge in [-0.2, -0.15) is 0 Å². The SMILES string of the molecule is CCCC(C)(O)C1(CN)CCC(C)C1. The highest BCUT2D eigenvalue weighted by Crippen LogP contribution is 2.49. The van der Waals surface area contributed by atoms with Crippen LogP contribution in [0.15, 0.2) is 0 Å². The van der Waals surface area contributed by atoms with Crippen LogP contribution in [0.4, 0.5) is 0 Å². The van der Waals surface area contributed by atoms with Crippen LogP contribution in [-0.2, 0) is 0 Å². The second kappa shape index (κ2) is 4.19. The van der Waals surface area contributed by atoms with E-state index >= 15 is 0 Å². The van der Waals surface area contributed by atoms with E-state index < -0.39 is 5.60 Å². The zero-order valence-corrected chi connectivity index (χ0v) is 9.84. The largest absolute Gasteiger partial charge is 0.390 e. The van der Waals surface area contributed by atoms with Gasteiger partial charge in [-0.15, -0.1) is 0 Å². The zero-order chi connectivity index (χ0) is 10.8. The molecular weight excluding hydrogens is 174 g/mol. The van der Waals surface area contributed by atoms with Gasteiger partial charge in [-0.25, -0.2) is 0 Å². The van der Waals surface area contributed by atoms with Gasteiger partial charge in [0, 0.05) is 12.0 Å². The summed E-state index contributed by atoms with van der Waals surface area (Å²) in [4.78, 5) is 0. The molecule has 1 rings (SSSR count). The van der Waals surface area contributed by atoms with Crippen LogP contribution in [0.3, 0.4) is 0 Å². The first-order valence-electron chi connectivity index (χ1n) is 5.90. The average molecular weight is 199 g/mol. The summed E-state index contributed by atoms with van der Waals surface area (Å²) in [5, 5.41) is 10.5. The van der Waals surface area contributed by atoms with Gasteiger partial charge in [0.15, 0.2) is 0 Å². The molecule has 0 aromatic rings. The van der Waals surface area contributed by atoms with Crippen LogP contribution >= 0.6 is 0 Å². The first-order valence-corrected chi connectivity index (χ1v) is 5.90. The molecule has 3 atom stereocenters. The fraction of sp³-hybridized carbons (Fsp3) is 1.00. The minimum absolute atomic E-state index is 0.0115. The van der Waals surface area contributed by atoms with Crippen LogP contribution in [0, 0.1) is 11.3 Å². The Balaban J connectivity index is 2.78. The first kappa shape index (κ1) is 12.0. The maximum absolute atomic E-state index is 10.5. The summed E-state index contributed by atoms with van der Waals surface area (Å²) in [5.41, 5.74) is 5.31. The fourth-order valence-electron chi connectivity index (χ4n) is 3.04. The molecule has 0 aromatic carbocycles. The van der Waals surface area contributed by atoms with Crippen molar-refractivity contribution in [2.24, 2.45) is 17.1 Å². The molecule has 1 saturated carbocycles. The van der Waals surface area contributed by atoms with E-state index in [2.05, 4.69) is 13.8 Å². The third kappa shape index (κ3) is 1.96. The molecule has 14 heavy (non-hydrogen) atoms. The molecule has 3 N–H and O–H groups in total. The van der Waals surface area contributed by atoms with E-state index in [1.807, 2.05) is 6.92 Å². The van der Waals surface area contributed by atoms with E-state index in [4.69, 9.17) is 5.73 Å². The summed E-state index contributed by atoms with van der Waals surface area (Å²) in [6, 6.07) is 0. The standard InChI is InChI=1S/C12H25NO/c1-4-6-11(3,14)12(9-13)7-5-10(2)8-12/h10,14H,4-9,13H2,1-3H3.